The first kappa shape index (κ1) is 13.6. The van der Waals surface area contributed by atoms with E-state index in [2.05, 4.69) is 57.0 Å². The molecule has 1 aliphatic heterocycles. The highest BCUT2D eigenvalue weighted by Crippen LogP contribution is 2.38. The number of nitrogens with two attached hydrogens (primary N) is 1. The van der Waals surface area contributed by atoms with Crippen LogP contribution in [-0.2, 0) is 6.42 Å². The molecule has 1 aromatic carbocycles. The van der Waals surface area contributed by atoms with Gasteiger partial charge >= 0.3 is 0 Å². The molecule has 2 atom stereocenters. The number of halogens is 2. The number of rotatable bonds is 2. The fourth-order valence-electron chi connectivity index (χ4n) is 2.38. The number of hydrogen-bond acceptors (Lipinski definition) is 3. The minimum Gasteiger partial charge on any atom is -0.490 e. The smallest absolute Gasteiger partial charge is 0.123 e. The van der Waals surface area contributed by atoms with E-state index in [-0.39, 0.29) is 12.1 Å². The van der Waals surface area contributed by atoms with Gasteiger partial charge in [-0.2, -0.15) is 0 Å². The molecule has 2 heterocycles. The molecular weight excluding hydrogens is 390 g/mol. The molecule has 2 unspecified atom stereocenters. The maximum absolute atomic E-state index is 6.37. The van der Waals surface area contributed by atoms with E-state index >= 15 is 0 Å². The van der Waals surface area contributed by atoms with Crippen LogP contribution in [0.1, 0.15) is 29.7 Å². The summed E-state index contributed by atoms with van der Waals surface area (Å²) in [6.07, 6.45) is 1.23. The lowest BCUT2D eigenvalue weighted by Crippen LogP contribution is -2.11. The molecule has 0 saturated heterocycles. The van der Waals surface area contributed by atoms with Crippen molar-refractivity contribution in [2.24, 2.45) is 5.73 Å². The third-order valence-corrected chi connectivity index (χ3v) is 5.68. The van der Waals surface area contributed by atoms with Crippen molar-refractivity contribution in [2.45, 2.75) is 25.5 Å². The van der Waals surface area contributed by atoms with Crippen LogP contribution in [0.25, 0.3) is 0 Å². The number of ether oxygens (including phenoxy) is 1. The zero-order chi connectivity index (χ0) is 13.6. The standard InChI is InChI=1S/C14H13Br2NOS/c1-7-4-9-5-8(2-3-11(9)18-7)13(17)10-6-12(15)19-14(10)16/h2-3,5-7,13H,4,17H2,1H3. The minimum atomic E-state index is -0.113. The maximum atomic E-state index is 6.37. The monoisotopic (exact) mass is 401 g/mol. The second-order valence-corrected chi connectivity index (χ2v) is 8.51. The van der Waals surface area contributed by atoms with Gasteiger partial charge in [-0.15, -0.1) is 11.3 Å². The van der Waals surface area contributed by atoms with Gasteiger partial charge in [0.15, 0.2) is 0 Å². The molecular formula is C14H13Br2NOS. The second kappa shape index (κ2) is 5.20. The third kappa shape index (κ3) is 2.61. The van der Waals surface area contributed by atoms with E-state index in [1.54, 1.807) is 11.3 Å². The van der Waals surface area contributed by atoms with Gasteiger partial charge in [0.25, 0.3) is 0 Å². The lowest BCUT2D eigenvalue weighted by molar-refractivity contribution is 0.254. The quantitative estimate of drug-likeness (QED) is 0.793. The van der Waals surface area contributed by atoms with Gasteiger partial charge < -0.3 is 10.5 Å². The summed E-state index contributed by atoms with van der Waals surface area (Å²) < 4.78 is 7.89. The molecule has 0 fully saturated rings. The summed E-state index contributed by atoms with van der Waals surface area (Å²) in [4.78, 5) is 0. The Morgan fingerprint density at radius 1 is 1.37 bits per heavy atom. The molecule has 19 heavy (non-hydrogen) atoms. The average molecular weight is 403 g/mol. The fourth-order valence-corrected chi connectivity index (χ4v) is 5.31. The molecule has 100 valence electrons. The molecule has 1 aromatic heterocycles. The van der Waals surface area contributed by atoms with Crippen LogP contribution in [0, 0.1) is 0 Å². The highest BCUT2D eigenvalue weighted by atomic mass is 79.9. The molecule has 0 saturated carbocycles. The van der Waals surface area contributed by atoms with E-state index in [0.717, 1.165) is 30.9 Å². The molecule has 0 aliphatic carbocycles. The van der Waals surface area contributed by atoms with Crippen molar-refractivity contribution in [3.63, 3.8) is 0 Å². The summed E-state index contributed by atoms with van der Waals surface area (Å²) in [6, 6.07) is 8.22. The Morgan fingerprint density at radius 3 is 2.84 bits per heavy atom. The molecule has 3 rings (SSSR count). The Balaban J connectivity index is 1.95. The Bertz CT molecular complexity index is 626. The normalized spacial score (nSPS) is 19.1. The number of benzene rings is 1. The summed E-state index contributed by atoms with van der Waals surface area (Å²) in [5.41, 5.74) is 9.87. The molecule has 5 heteroatoms. The summed E-state index contributed by atoms with van der Waals surface area (Å²) in [5, 5.41) is 0. The van der Waals surface area contributed by atoms with Crippen molar-refractivity contribution in [3.8, 4) is 5.75 Å². The van der Waals surface area contributed by atoms with Crippen molar-refractivity contribution in [1.29, 1.82) is 0 Å². The van der Waals surface area contributed by atoms with E-state index in [1.807, 2.05) is 6.07 Å². The molecule has 1 aliphatic rings. The first-order chi connectivity index (χ1) is 9.04. The Morgan fingerprint density at radius 2 is 2.16 bits per heavy atom. The highest BCUT2D eigenvalue weighted by molar-refractivity contribution is 9.12. The van der Waals surface area contributed by atoms with Crippen LogP contribution in [0.3, 0.4) is 0 Å². The molecule has 0 radical (unpaired) electrons. The zero-order valence-electron chi connectivity index (χ0n) is 10.3. The maximum Gasteiger partial charge on any atom is 0.123 e. The van der Waals surface area contributed by atoms with Crippen molar-refractivity contribution in [1.82, 2.24) is 0 Å². The summed E-state index contributed by atoms with van der Waals surface area (Å²) in [7, 11) is 0. The Hall–Kier alpha value is -0.360. The van der Waals surface area contributed by atoms with Gasteiger partial charge in [-0.05, 0) is 67.6 Å². The van der Waals surface area contributed by atoms with Crippen LogP contribution in [0.4, 0.5) is 0 Å². The second-order valence-electron chi connectivity index (χ2n) is 4.76. The SMILES string of the molecule is CC1Cc2cc(C(N)c3cc(Br)sc3Br)ccc2O1. The summed E-state index contributed by atoms with van der Waals surface area (Å²) >= 11 is 8.71. The van der Waals surface area contributed by atoms with Crippen LogP contribution >= 0.6 is 43.2 Å². The predicted molar refractivity (Wildman–Crippen MR) is 86.0 cm³/mol. The van der Waals surface area contributed by atoms with Gasteiger partial charge in [-0.3, -0.25) is 0 Å². The number of hydrogen-bond donors (Lipinski definition) is 1. The largest absolute Gasteiger partial charge is 0.490 e. The zero-order valence-corrected chi connectivity index (χ0v) is 14.3. The minimum absolute atomic E-state index is 0.113. The highest BCUT2D eigenvalue weighted by Gasteiger charge is 2.21. The number of thiophene rings is 1. The van der Waals surface area contributed by atoms with E-state index in [9.17, 15) is 0 Å². The summed E-state index contributed by atoms with van der Waals surface area (Å²) in [6.45, 7) is 2.09. The summed E-state index contributed by atoms with van der Waals surface area (Å²) in [5.74, 6) is 0.994. The predicted octanol–water partition coefficient (Wildman–Crippen LogP) is 4.64. The van der Waals surface area contributed by atoms with Crippen LogP contribution in [0.15, 0.2) is 31.8 Å². The van der Waals surface area contributed by atoms with Gasteiger partial charge in [0, 0.05) is 6.42 Å². The van der Waals surface area contributed by atoms with Crippen molar-refractivity contribution in [2.75, 3.05) is 0 Å². The Kier molecular flexibility index (Phi) is 3.73. The molecule has 0 spiro atoms. The van der Waals surface area contributed by atoms with E-state index in [0.29, 0.717) is 0 Å². The van der Waals surface area contributed by atoms with Crippen molar-refractivity contribution < 1.29 is 4.74 Å². The Labute approximate surface area is 133 Å². The van der Waals surface area contributed by atoms with E-state index in [1.165, 1.54) is 5.56 Å². The van der Waals surface area contributed by atoms with Gasteiger partial charge in [-0.25, -0.2) is 0 Å². The van der Waals surface area contributed by atoms with E-state index < -0.39 is 0 Å². The van der Waals surface area contributed by atoms with Crippen molar-refractivity contribution in [3.05, 3.63) is 48.5 Å². The molecule has 2 nitrogen and oxygen atoms in total. The molecule has 2 aromatic rings. The third-order valence-electron chi connectivity index (χ3n) is 3.30. The first-order valence-electron chi connectivity index (χ1n) is 6.04. The number of fused-ring (bicyclic) bond motifs is 1. The van der Waals surface area contributed by atoms with Crippen LogP contribution < -0.4 is 10.5 Å². The molecule has 0 bridgehead atoms. The topological polar surface area (TPSA) is 35.2 Å². The first-order valence-corrected chi connectivity index (χ1v) is 8.44. The van der Waals surface area contributed by atoms with Crippen LogP contribution in [-0.4, -0.2) is 6.10 Å². The average Bonchev–Trinajstić information content (AvgIpc) is 2.88. The van der Waals surface area contributed by atoms with Crippen molar-refractivity contribution >= 4 is 43.2 Å². The fraction of sp³-hybridized carbons (Fsp3) is 0.286. The van der Waals surface area contributed by atoms with Crippen LogP contribution in [0.5, 0.6) is 5.75 Å². The molecule has 2 N–H and O–H groups in total. The lowest BCUT2D eigenvalue weighted by atomic mass is 9.99. The van der Waals surface area contributed by atoms with Gasteiger partial charge in [-0.1, -0.05) is 12.1 Å². The van der Waals surface area contributed by atoms with Gasteiger partial charge in [0.05, 0.1) is 13.6 Å². The lowest BCUT2D eigenvalue weighted by Gasteiger charge is -2.12. The van der Waals surface area contributed by atoms with Gasteiger partial charge in [0.2, 0.25) is 0 Å². The van der Waals surface area contributed by atoms with E-state index in [4.69, 9.17) is 10.5 Å². The van der Waals surface area contributed by atoms with Crippen LogP contribution in [0.2, 0.25) is 0 Å². The van der Waals surface area contributed by atoms with Gasteiger partial charge in [0.1, 0.15) is 11.9 Å². The molecule has 0 amide bonds.